The van der Waals surface area contributed by atoms with Crippen LogP contribution in [0, 0.1) is 13.8 Å². The van der Waals surface area contributed by atoms with Gasteiger partial charge in [-0.05, 0) is 26.8 Å². The molecule has 1 saturated heterocycles. The van der Waals surface area contributed by atoms with E-state index in [0.717, 1.165) is 36.8 Å². The van der Waals surface area contributed by atoms with Crippen molar-refractivity contribution in [1.29, 1.82) is 0 Å². The highest BCUT2D eigenvalue weighted by molar-refractivity contribution is 5.75. The predicted octanol–water partition coefficient (Wildman–Crippen LogP) is 1.10. The Bertz CT molecular complexity index is 714. The first-order valence-electron chi connectivity index (χ1n) is 7.56. The Kier molecular flexibility index (Phi) is 4.24. The molecule has 3 rings (SSSR count). The standard InChI is InChI=1S/C15H20N6O2/c1-9-5-13(18-14-6-10(2)23-20-14)19-15(17-9)11-3-4-21(7-11)8-12(16)22/h5-6,11H,3-4,7-8H2,1-2H3,(H2,16,22)(H,17,18,19,20). The number of carbonyl (C=O) groups excluding carboxylic acids is 1. The lowest BCUT2D eigenvalue weighted by molar-refractivity contribution is -0.118. The van der Waals surface area contributed by atoms with Gasteiger partial charge >= 0.3 is 0 Å². The number of nitrogens with one attached hydrogen (secondary N) is 1. The van der Waals surface area contributed by atoms with Gasteiger partial charge in [0.25, 0.3) is 0 Å². The molecule has 1 aliphatic rings. The Labute approximate surface area is 134 Å². The molecule has 3 N–H and O–H groups in total. The van der Waals surface area contributed by atoms with E-state index in [1.807, 2.05) is 24.8 Å². The van der Waals surface area contributed by atoms with Crippen LogP contribution in [0.15, 0.2) is 16.7 Å². The van der Waals surface area contributed by atoms with Crippen molar-refractivity contribution in [2.24, 2.45) is 5.73 Å². The molecule has 3 heterocycles. The molecule has 122 valence electrons. The van der Waals surface area contributed by atoms with Gasteiger partial charge in [0.2, 0.25) is 5.91 Å². The van der Waals surface area contributed by atoms with E-state index in [4.69, 9.17) is 10.3 Å². The van der Waals surface area contributed by atoms with Crippen molar-refractivity contribution in [1.82, 2.24) is 20.0 Å². The highest BCUT2D eigenvalue weighted by Crippen LogP contribution is 2.26. The van der Waals surface area contributed by atoms with Crippen molar-refractivity contribution in [2.75, 3.05) is 25.0 Å². The van der Waals surface area contributed by atoms with E-state index in [-0.39, 0.29) is 18.4 Å². The molecule has 1 aliphatic heterocycles. The second-order valence-electron chi connectivity index (χ2n) is 5.89. The molecule has 2 aromatic heterocycles. The fourth-order valence-electron chi connectivity index (χ4n) is 2.80. The number of aromatic nitrogens is 3. The molecule has 23 heavy (non-hydrogen) atoms. The van der Waals surface area contributed by atoms with E-state index >= 15 is 0 Å². The second kappa shape index (κ2) is 6.33. The zero-order chi connectivity index (χ0) is 16.4. The summed E-state index contributed by atoms with van der Waals surface area (Å²) in [5.41, 5.74) is 6.14. The number of hydrogen-bond acceptors (Lipinski definition) is 7. The number of carbonyl (C=O) groups is 1. The molecule has 0 saturated carbocycles. The van der Waals surface area contributed by atoms with E-state index in [2.05, 4.69) is 20.4 Å². The van der Waals surface area contributed by atoms with E-state index in [9.17, 15) is 4.79 Å². The van der Waals surface area contributed by atoms with Crippen LogP contribution in [-0.4, -0.2) is 45.6 Å². The maximum atomic E-state index is 11.0. The van der Waals surface area contributed by atoms with Gasteiger partial charge in [0.05, 0.1) is 6.54 Å². The minimum atomic E-state index is -0.306. The molecule has 0 bridgehead atoms. The molecule has 0 aromatic carbocycles. The van der Waals surface area contributed by atoms with Crippen LogP contribution < -0.4 is 11.1 Å². The second-order valence-corrected chi connectivity index (χ2v) is 5.89. The summed E-state index contributed by atoms with van der Waals surface area (Å²) in [6.45, 7) is 5.62. The van der Waals surface area contributed by atoms with Crippen molar-refractivity contribution in [2.45, 2.75) is 26.2 Å². The summed E-state index contributed by atoms with van der Waals surface area (Å²) in [6.07, 6.45) is 0.916. The van der Waals surface area contributed by atoms with Gasteiger partial charge in [-0.3, -0.25) is 9.69 Å². The van der Waals surface area contributed by atoms with Gasteiger partial charge in [0, 0.05) is 30.3 Å². The summed E-state index contributed by atoms with van der Waals surface area (Å²) >= 11 is 0. The number of aryl methyl sites for hydroxylation is 2. The van der Waals surface area contributed by atoms with Crippen LogP contribution in [0.2, 0.25) is 0 Å². The van der Waals surface area contributed by atoms with Crippen LogP contribution in [0.4, 0.5) is 11.6 Å². The Morgan fingerprint density at radius 1 is 1.39 bits per heavy atom. The molecule has 8 heteroatoms. The van der Waals surface area contributed by atoms with Crippen LogP contribution in [0.1, 0.15) is 29.6 Å². The number of nitrogens with two attached hydrogens (primary N) is 1. The third-order valence-corrected chi connectivity index (χ3v) is 3.77. The summed E-state index contributed by atoms with van der Waals surface area (Å²) in [4.78, 5) is 22.2. The average molecular weight is 316 g/mol. The Morgan fingerprint density at radius 2 is 2.22 bits per heavy atom. The highest BCUT2D eigenvalue weighted by atomic mass is 16.5. The van der Waals surface area contributed by atoms with Crippen molar-refractivity contribution in [3.8, 4) is 0 Å². The first-order valence-corrected chi connectivity index (χ1v) is 7.56. The van der Waals surface area contributed by atoms with E-state index < -0.39 is 0 Å². The number of hydrogen-bond donors (Lipinski definition) is 2. The van der Waals surface area contributed by atoms with Gasteiger partial charge < -0.3 is 15.6 Å². The number of nitrogens with zero attached hydrogens (tertiary/aromatic N) is 4. The maximum Gasteiger partial charge on any atom is 0.231 e. The first kappa shape index (κ1) is 15.4. The van der Waals surface area contributed by atoms with Gasteiger partial charge in [0.1, 0.15) is 17.4 Å². The Morgan fingerprint density at radius 3 is 2.91 bits per heavy atom. The molecule has 1 atom stereocenters. The van der Waals surface area contributed by atoms with Crippen molar-refractivity contribution >= 4 is 17.5 Å². The van der Waals surface area contributed by atoms with Gasteiger partial charge in [-0.1, -0.05) is 5.16 Å². The number of amides is 1. The molecule has 8 nitrogen and oxygen atoms in total. The predicted molar refractivity (Wildman–Crippen MR) is 84.3 cm³/mol. The topological polar surface area (TPSA) is 110 Å². The van der Waals surface area contributed by atoms with Crippen LogP contribution in [-0.2, 0) is 4.79 Å². The van der Waals surface area contributed by atoms with E-state index in [0.29, 0.717) is 11.6 Å². The van der Waals surface area contributed by atoms with Gasteiger partial charge in [-0.25, -0.2) is 9.97 Å². The first-order chi connectivity index (χ1) is 11.0. The molecule has 0 radical (unpaired) electrons. The number of rotatable bonds is 5. The van der Waals surface area contributed by atoms with Crippen LogP contribution in [0.3, 0.4) is 0 Å². The summed E-state index contributed by atoms with van der Waals surface area (Å²) in [5.74, 6) is 2.71. The smallest absolute Gasteiger partial charge is 0.231 e. The SMILES string of the molecule is Cc1cc(Nc2cc(C)on2)nc(C2CCN(CC(N)=O)C2)n1. The van der Waals surface area contributed by atoms with E-state index in [1.165, 1.54) is 0 Å². The van der Waals surface area contributed by atoms with Crippen LogP contribution in [0.25, 0.3) is 0 Å². The summed E-state index contributed by atoms with van der Waals surface area (Å²) in [6, 6.07) is 3.67. The Hall–Kier alpha value is -2.48. The highest BCUT2D eigenvalue weighted by Gasteiger charge is 2.27. The lowest BCUT2D eigenvalue weighted by Crippen LogP contribution is -2.32. The maximum absolute atomic E-state index is 11.0. The van der Waals surface area contributed by atoms with Crippen LogP contribution in [0.5, 0.6) is 0 Å². The molecule has 1 amide bonds. The quantitative estimate of drug-likeness (QED) is 0.849. The summed E-state index contributed by atoms with van der Waals surface area (Å²) in [7, 11) is 0. The largest absolute Gasteiger partial charge is 0.369 e. The number of primary amides is 1. The summed E-state index contributed by atoms with van der Waals surface area (Å²) < 4.78 is 5.04. The average Bonchev–Trinajstić information content (AvgIpc) is 3.07. The molecule has 0 aliphatic carbocycles. The third-order valence-electron chi connectivity index (χ3n) is 3.77. The minimum Gasteiger partial charge on any atom is -0.369 e. The van der Waals surface area contributed by atoms with E-state index in [1.54, 1.807) is 6.07 Å². The van der Waals surface area contributed by atoms with Gasteiger partial charge in [-0.2, -0.15) is 0 Å². The van der Waals surface area contributed by atoms with Crippen molar-refractivity contribution in [3.05, 3.63) is 29.4 Å². The number of anilines is 2. The van der Waals surface area contributed by atoms with Crippen molar-refractivity contribution < 1.29 is 9.32 Å². The monoisotopic (exact) mass is 316 g/mol. The normalized spacial score (nSPS) is 18.3. The molecule has 0 spiro atoms. The van der Waals surface area contributed by atoms with Crippen LogP contribution >= 0.6 is 0 Å². The zero-order valence-corrected chi connectivity index (χ0v) is 13.2. The zero-order valence-electron chi connectivity index (χ0n) is 13.2. The van der Waals surface area contributed by atoms with Gasteiger partial charge in [-0.15, -0.1) is 0 Å². The third kappa shape index (κ3) is 3.84. The fraction of sp³-hybridized carbons (Fsp3) is 0.467. The summed E-state index contributed by atoms with van der Waals surface area (Å²) in [5, 5.41) is 7.04. The van der Waals surface area contributed by atoms with Crippen molar-refractivity contribution in [3.63, 3.8) is 0 Å². The minimum absolute atomic E-state index is 0.203. The number of likely N-dealkylation sites (tertiary alicyclic amines) is 1. The van der Waals surface area contributed by atoms with Gasteiger partial charge in [0.15, 0.2) is 5.82 Å². The Balaban J connectivity index is 1.74. The lowest BCUT2D eigenvalue weighted by atomic mass is 10.1. The lowest BCUT2D eigenvalue weighted by Gasteiger charge is -2.14. The molecular weight excluding hydrogens is 296 g/mol. The molecular formula is C15H20N6O2. The molecule has 2 aromatic rings. The molecule has 1 fully saturated rings. The fourth-order valence-corrected chi connectivity index (χ4v) is 2.80. The molecule has 1 unspecified atom stereocenters.